The zero-order valence-electron chi connectivity index (χ0n) is 9.98. The lowest BCUT2D eigenvalue weighted by Crippen LogP contribution is -2.05. The third kappa shape index (κ3) is 3.24. The van der Waals surface area contributed by atoms with Crippen molar-refractivity contribution >= 4 is 34.2 Å². The van der Waals surface area contributed by atoms with Gasteiger partial charge in [0.25, 0.3) is 0 Å². The van der Waals surface area contributed by atoms with E-state index < -0.39 is 6.10 Å². The molecule has 0 radical (unpaired) electrons. The Balaban J connectivity index is 2.06. The van der Waals surface area contributed by atoms with Crippen molar-refractivity contribution in [1.29, 1.82) is 0 Å². The van der Waals surface area contributed by atoms with Gasteiger partial charge < -0.3 is 9.67 Å². The first-order valence-corrected chi connectivity index (χ1v) is 7.13. The second-order valence-electron chi connectivity index (χ2n) is 4.17. The molecule has 0 aliphatic carbocycles. The minimum Gasteiger partial charge on any atom is -0.388 e. The molecule has 0 amide bonds. The zero-order chi connectivity index (χ0) is 13.1. The summed E-state index contributed by atoms with van der Waals surface area (Å²) < 4.78 is 3.00. The van der Waals surface area contributed by atoms with Crippen LogP contribution in [-0.4, -0.2) is 14.7 Å². The molecule has 1 N–H and O–H groups in total. The highest BCUT2D eigenvalue weighted by molar-refractivity contribution is 14.1. The molecule has 3 nitrogen and oxygen atoms in total. The molecule has 1 aromatic heterocycles. The van der Waals surface area contributed by atoms with Gasteiger partial charge in [0, 0.05) is 34.5 Å². The van der Waals surface area contributed by atoms with Crippen LogP contribution in [0.2, 0.25) is 5.02 Å². The van der Waals surface area contributed by atoms with E-state index in [1.165, 1.54) is 0 Å². The molecule has 0 aliphatic rings. The smallest absolute Gasteiger partial charge is 0.108 e. The Labute approximate surface area is 125 Å². The van der Waals surface area contributed by atoms with Gasteiger partial charge in [-0.3, -0.25) is 0 Å². The summed E-state index contributed by atoms with van der Waals surface area (Å²) in [5, 5.41) is 10.9. The van der Waals surface area contributed by atoms with Crippen molar-refractivity contribution < 1.29 is 5.11 Å². The second-order valence-corrected chi connectivity index (χ2v) is 5.77. The van der Waals surface area contributed by atoms with Crippen molar-refractivity contribution in [3.05, 3.63) is 50.6 Å². The maximum atomic E-state index is 10.2. The van der Waals surface area contributed by atoms with Crippen LogP contribution >= 0.6 is 34.2 Å². The molecule has 0 spiro atoms. The first kappa shape index (κ1) is 13.8. The molecule has 1 atom stereocenters. The number of hydrogen-bond acceptors (Lipinski definition) is 2. The van der Waals surface area contributed by atoms with Crippen LogP contribution in [0.5, 0.6) is 0 Å². The average Bonchev–Trinajstić information content (AvgIpc) is 2.75. The standard InChI is InChI=1S/C13H14ClIN2O/c1-17-7-6-16-13(17)5-4-12(18)10-8-9(14)2-3-11(10)15/h2-3,6-8,12,18H,4-5H2,1H3. The van der Waals surface area contributed by atoms with E-state index in [1.54, 1.807) is 6.20 Å². The van der Waals surface area contributed by atoms with Gasteiger partial charge in [-0.1, -0.05) is 11.6 Å². The van der Waals surface area contributed by atoms with Gasteiger partial charge in [-0.05, 0) is 52.8 Å². The van der Waals surface area contributed by atoms with Crippen LogP contribution in [0.1, 0.15) is 23.9 Å². The van der Waals surface area contributed by atoms with E-state index in [1.807, 2.05) is 36.0 Å². The first-order valence-electron chi connectivity index (χ1n) is 5.67. The lowest BCUT2D eigenvalue weighted by molar-refractivity contribution is 0.166. The number of aryl methyl sites for hydroxylation is 2. The highest BCUT2D eigenvalue weighted by atomic mass is 127. The minimum atomic E-state index is -0.507. The quantitative estimate of drug-likeness (QED) is 0.831. The molecule has 0 fully saturated rings. The molecule has 1 unspecified atom stereocenters. The van der Waals surface area contributed by atoms with E-state index in [9.17, 15) is 5.11 Å². The number of aromatic nitrogens is 2. The summed E-state index contributed by atoms with van der Waals surface area (Å²) in [6, 6.07) is 5.58. The summed E-state index contributed by atoms with van der Waals surface area (Å²) in [6.07, 6.45) is 4.55. The number of rotatable bonds is 4. The molecule has 5 heteroatoms. The molecule has 0 bridgehead atoms. The summed E-state index contributed by atoms with van der Waals surface area (Å²) in [4.78, 5) is 4.25. The van der Waals surface area contributed by atoms with Gasteiger partial charge in [0.15, 0.2) is 0 Å². The molecule has 1 heterocycles. The van der Waals surface area contributed by atoms with Crippen LogP contribution in [0.25, 0.3) is 0 Å². The van der Waals surface area contributed by atoms with Crippen LogP contribution in [-0.2, 0) is 13.5 Å². The Kier molecular flexibility index (Phi) is 4.64. The summed E-state index contributed by atoms with van der Waals surface area (Å²) >= 11 is 8.17. The molecule has 1 aromatic carbocycles. The number of aliphatic hydroxyl groups is 1. The predicted octanol–water partition coefficient (Wildman–Crippen LogP) is 3.34. The van der Waals surface area contributed by atoms with Gasteiger partial charge in [-0.15, -0.1) is 0 Å². The van der Waals surface area contributed by atoms with E-state index in [4.69, 9.17) is 11.6 Å². The number of nitrogens with zero attached hydrogens (tertiary/aromatic N) is 2. The SMILES string of the molecule is Cn1ccnc1CCC(O)c1cc(Cl)ccc1I. The summed E-state index contributed by atoms with van der Waals surface area (Å²) in [7, 11) is 1.96. The lowest BCUT2D eigenvalue weighted by Gasteiger charge is -2.13. The Morgan fingerprint density at radius 2 is 2.28 bits per heavy atom. The van der Waals surface area contributed by atoms with E-state index in [0.717, 1.165) is 21.4 Å². The Morgan fingerprint density at radius 3 is 2.94 bits per heavy atom. The fraction of sp³-hybridized carbons (Fsp3) is 0.308. The molecule has 0 saturated heterocycles. The van der Waals surface area contributed by atoms with Crippen LogP contribution in [0.4, 0.5) is 0 Å². The van der Waals surface area contributed by atoms with Crippen LogP contribution in [0.3, 0.4) is 0 Å². The monoisotopic (exact) mass is 376 g/mol. The Bertz CT molecular complexity index is 542. The van der Waals surface area contributed by atoms with Gasteiger partial charge in [-0.25, -0.2) is 4.98 Å². The number of aliphatic hydroxyl groups excluding tert-OH is 1. The molecule has 2 aromatic rings. The molecular weight excluding hydrogens is 363 g/mol. The van der Waals surface area contributed by atoms with Gasteiger partial charge in [-0.2, -0.15) is 0 Å². The summed E-state index contributed by atoms with van der Waals surface area (Å²) in [6.45, 7) is 0. The highest BCUT2D eigenvalue weighted by Crippen LogP contribution is 2.26. The molecule has 0 saturated carbocycles. The maximum absolute atomic E-state index is 10.2. The molecular formula is C13H14ClIN2O. The van der Waals surface area contributed by atoms with E-state index >= 15 is 0 Å². The largest absolute Gasteiger partial charge is 0.388 e. The summed E-state index contributed by atoms with van der Waals surface area (Å²) in [5.74, 6) is 0.978. The zero-order valence-corrected chi connectivity index (χ0v) is 12.9. The second kappa shape index (κ2) is 6.04. The van der Waals surface area contributed by atoms with E-state index in [2.05, 4.69) is 27.6 Å². The molecule has 0 aliphatic heterocycles. The van der Waals surface area contributed by atoms with E-state index in [-0.39, 0.29) is 0 Å². The minimum absolute atomic E-state index is 0.507. The maximum Gasteiger partial charge on any atom is 0.108 e. The van der Waals surface area contributed by atoms with Crippen molar-refractivity contribution in [2.24, 2.45) is 7.05 Å². The van der Waals surface area contributed by atoms with Crippen molar-refractivity contribution in [2.75, 3.05) is 0 Å². The third-order valence-electron chi connectivity index (χ3n) is 2.88. The Hall–Kier alpha value is -0.590. The van der Waals surface area contributed by atoms with Crippen molar-refractivity contribution in [3.63, 3.8) is 0 Å². The van der Waals surface area contributed by atoms with Crippen molar-refractivity contribution in [1.82, 2.24) is 9.55 Å². The van der Waals surface area contributed by atoms with Gasteiger partial charge in [0.05, 0.1) is 6.10 Å². The topological polar surface area (TPSA) is 38.0 Å². The fourth-order valence-electron chi connectivity index (χ4n) is 1.83. The fourth-order valence-corrected chi connectivity index (χ4v) is 2.70. The van der Waals surface area contributed by atoms with Crippen molar-refractivity contribution in [3.8, 4) is 0 Å². The normalized spacial score (nSPS) is 12.7. The van der Waals surface area contributed by atoms with Gasteiger partial charge in [0.1, 0.15) is 5.82 Å². The van der Waals surface area contributed by atoms with Crippen molar-refractivity contribution in [2.45, 2.75) is 18.9 Å². The number of hydrogen-bond donors (Lipinski definition) is 1. The first-order chi connectivity index (χ1) is 8.58. The third-order valence-corrected chi connectivity index (χ3v) is 4.10. The lowest BCUT2D eigenvalue weighted by atomic mass is 10.0. The molecule has 18 heavy (non-hydrogen) atoms. The molecule has 96 valence electrons. The Morgan fingerprint density at radius 1 is 1.50 bits per heavy atom. The predicted molar refractivity (Wildman–Crippen MR) is 80.7 cm³/mol. The van der Waals surface area contributed by atoms with Crippen LogP contribution in [0.15, 0.2) is 30.6 Å². The number of benzene rings is 1. The van der Waals surface area contributed by atoms with E-state index in [0.29, 0.717) is 11.4 Å². The number of halogens is 2. The van der Waals surface area contributed by atoms with Gasteiger partial charge in [0.2, 0.25) is 0 Å². The average molecular weight is 377 g/mol. The van der Waals surface area contributed by atoms with Gasteiger partial charge >= 0.3 is 0 Å². The van der Waals surface area contributed by atoms with Crippen LogP contribution < -0.4 is 0 Å². The summed E-state index contributed by atoms with van der Waals surface area (Å²) in [5.41, 5.74) is 0.886. The molecule has 2 rings (SSSR count). The number of imidazole rings is 1. The highest BCUT2D eigenvalue weighted by Gasteiger charge is 2.13. The van der Waals surface area contributed by atoms with Crippen LogP contribution in [0, 0.1) is 3.57 Å².